The summed E-state index contributed by atoms with van der Waals surface area (Å²) in [5, 5.41) is 4.69. The number of alkyl halides is 3. The van der Waals surface area contributed by atoms with Crippen molar-refractivity contribution in [1.82, 2.24) is 0 Å². The molecule has 0 bridgehead atoms. The summed E-state index contributed by atoms with van der Waals surface area (Å²) in [5.74, 6) is -0.806. The van der Waals surface area contributed by atoms with Crippen LogP contribution < -0.4 is 11.1 Å². The van der Waals surface area contributed by atoms with E-state index in [1.165, 1.54) is 6.07 Å². The predicted molar refractivity (Wildman–Crippen MR) is 109 cm³/mol. The van der Waals surface area contributed by atoms with E-state index in [4.69, 9.17) is 10.5 Å². The first-order chi connectivity index (χ1) is 14.4. The molecule has 4 rings (SSSR count). The highest BCUT2D eigenvalue weighted by molar-refractivity contribution is 6.06. The van der Waals surface area contributed by atoms with Gasteiger partial charge in [-0.3, -0.25) is 4.79 Å². The van der Waals surface area contributed by atoms with Crippen molar-refractivity contribution in [3.05, 3.63) is 77.4 Å². The zero-order chi connectivity index (χ0) is 21.3. The largest absolute Gasteiger partial charge is 0.416 e. The molecule has 30 heavy (non-hydrogen) atoms. The molecular weight excluding hydrogens is 393 g/mol. The summed E-state index contributed by atoms with van der Waals surface area (Å²) >= 11 is 0. The van der Waals surface area contributed by atoms with Crippen LogP contribution in [0.3, 0.4) is 0 Å². The molecule has 0 unspecified atom stereocenters. The SMILES string of the molecule is NC[C@@H]1COC[C@H]1c1cc(C(F)(F)F)ccc1NC(=O)c1ccc2ccccc2c1. The quantitative estimate of drug-likeness (QED) is 0.645. The molecular formula is C23H21F3N2O2. The Bertz CT molecular complexity index is 1080. The van der Waals surface area contributed by atoms with Crippen LogP contribution in [0, 0.1) is 5.92 Å². The summed E-state index contributed by atoms with van der Waals surface area (Å²) in [6.45, 7) is 0.941. The van der Waals surface area contributed by atoms with Crippen LogP contribution in [0.1, 0.15) is 27.4 Å². The fourth-order valence-corrected chi connectivity index (χ4v) is 3.86. The number of halogens is 3. The second kappa shape index (κ2) is 8.08. The van der Waals surface area contributed by atoms with Gasteiger partial charge in [0.2, 0.25) is 0 Å². The Morgan fingerprint density at radius 1 is 1.03 bits per heavy atom. The van der Waals surface area contributed by atoms with Crippen LogP contribution in [-0.2, 0) is 10.9 Å². The first-order valence-corrected chi connectivity index (χ1v) is 9.66. The normalized spacial score (nSPS) is 19.2. The van der Waals surface area contributed by atoms with Gasteiger partial charge in [-0.2, -0.15) is 13.2 Å². The van der Waals surface area contributed by atoms with Crippen molar-refractivity contribution in [3.8, 4) is 0 Å². The molecule has 0 radical (unpaired) electrons. The molecule has 1 aliphatic heterocycles. The number of benzene rings is 3. The molecule has 0 aromatic heterocycles. The molecule has 7 heteroatoms. The van der Waals surface area contributed by atoms with Crippen molar-refractivity contribution in [3.63, 3.8) is 0 Å². The summed E-state index contributed by atoms with van der Waals surface area (Å²) in [4.78, 5) is 12.9. The molecule has 1 amide bonds. The monoisotopic (exact) mass is 414 g/mol. The molecule has 0 saturated carbocycles. The van der Waals surface area contributed by atoms with Gasteiger partial charge in [-0.25, -0.2) is 0 Å². The third kappa shape index (κ3) is 4.04. The van der Waals surface area contributed by atoms with Crippen LogP contribution in [0.15, 0.2) is 60.7 Å². The van der Waals surface area contributed by atoms with Crippen LogP contribution in [0.5, 0.6) is 0 Å². The molecule has 1 aliphatic rings. The molecule has 156 valence electrons. The van der Waals surface area contributed by atoms with Crippen molar-refractivity contribution >= 4 is 22.4 Å². The molecule has 0 aliphatic carbocycles. The van der Waals surface area contributed by atoms with E-state index in [9.17, 15) is 18.0 Å². The topological polar surface area (TPSA) is 64.3 Å². The van der Waals surface area contributed by atoms with Gasteiger partial charge >= 0.3 is 6.18 Å². The van der Waals surface area contributed by atoms with Crippen LogP contribution in [0.25, 0.3) is 10.8 Å². The standard InChI is InChI=1S/C23H21F3N2O2/c24-23(25,26)18-7-8-21(19(10-18)20-13-30-12-17(20)11-27)28-22(29)16-6-5-14-3-1-2-4-15(14)9-16/h1-10,17,20H,11-13,27H2,(H,28,29)/t17-,20-/m1/s1. The Morgan fingerprint density at radius 3 is 2.53 bits per heavy atom. The van der Waals surface area contributed by atoms with Gasteiger partial charge in [0.15, 0.2) is 0 Å². The molecule has 1 heterocycles. The molecule has 1 saturated heterocycles. The lowest BCUT2D eigenvalue weighted by Crippen LogP contribution is -2.23. The van der Waals surface area contributed by atoms with Gasteiger partial charge in [-0.1, -0.05) is 30.3 Å². The van der Waals surface area contributed by atoms with E-state index < -0.39 is 11.7 Å². The summed E-state index contributed by atoms with van der Waals surface area (Å²) in [6.07, 6.45) is -4.48. The highest BCUT2D eigenvalue weighted by Crippen LogP contribution is 2.39. The van der Waals surface area contributed by atoms with E-state index >= 15 is 0 Å². The lowest BCUT2D eigenvalue weighted by Gasteiger charge is -2.22. The molecule has 3 N–H and O–H groups in total. The first-order valence-electron chi connectivity index (χ1n) is 9.66. The Hall–Kier alpha value is -2.90. The van der Waals surface area contributed by atoms with Crippen molar-refractivity contribution in [2.45, 2.75) is 12.1 Å². The summed E-state index contributed by atoms with van der Waals surface area (Å²) in [5.41, 5.74) is 6.20. The molecule has 2 atom stereocenters. The van der Waals surface area contributed by atoms with Crippen molar-refractivity contribution in [1.29, 1.82) is 0 Å². The number of carbonyl (C=O) groups excluding carboxylic acids is 1. The van der Waals surface area contributed by atoms with Gasteiger partial charge in [-0.05, 0) is 53.2 Å². The zero-order valence-corrected chi connectivity index (χ0v) is 16.1. The number of fused-ring (bicyclic) bond motifs is 1. The number of carbonyl (C=O) groups is 1. The highest BCUT2D eigenvalue weighted by atomic mass is 19.4. The van der Waals surface area contributed by atoms with Crippen LogP contribution in [0.2, 0.25) is 0 Å². The number of nitrogens with one attached hydrogen (secondary N) is 1. The van der Waals surface area contributed by atoms with Crippen molar-refractivity contribution in [2.75, 3.05) is 25.1 Å². The highest BCUT2D eigenvalue weighted by Gasteiger charge is 2.35. The number of hydrogen-bond donors (Lipinski definition) is 2. The second-order valence-electron chi connectivity index (χ2n) is 7.46. The fraction of sp³-hybridized carbons (Fsp3) is 0.261. The fourth-order valence-electron chi connectivity index (χ4n) is 3.86. The van der Waals surface area contributed by atoms with E-state index in [2.05, 4.69) is 5.32 Å². The Balaban J connectivity index is 1.69. The van der Waals surface area contributed by atoms with Gasteiger partial charge in [-0.15, -0.1) is 0 Å². The number of rotatable bonds is 4. The minimum Gasteiger partial charge on any atom is -0.380 e. The Morgan fingerprint density at radius 2 is 1.80 bits per heavy atom. The smallest absolute Gasteiger partial charge is 0.380 e. The lowest BCUT2D eigenvalue weighted by atomic mass is 9.87. The number of hydrogen-bond acceptors (Lipinski definition) is 3. The molecule has 1 fully saturated rings. The summed E-state index contributed by atoms with van der Waals surface area (Å²) < 4.78 is 45.4. The molecule has 0 spiro atoms. The molecule has 4 nitrogen and oxygen atoms in total. The van der Waals surface area contributed by atoms with Crippen LogP contribution >= 0.6 is 0 Å². The maximum Gasteiger partial charge on any atom is 0.416 e. The minimum atomic E-state index is -4.48. The molecule has 3 aromatic carbocycles. The number of ether oxygens (including phenoxy) is 1. The Labute approximate surface area is 171 Å². The van der Waals surface area contributed by atoms with Crippen LogP contribution in [0.4, 0.5) is 18.9 Å². The average molecular weight is 414 g/mol. The van der Waals surface area contributed by atoms with Gasteiger partial charge in [0, 0.05) is 23.1 Å². The van der Waals surface area contributed by atoms with Crippen molar-refractivity contribution in [2.24, 2.45) is 11.7 Å². The van der Waals surface area contributed by atoms with Gasteiger partial charge < -0.3 is 15.8 Å². The first kappa shape index (κ1) is 20.4. The number of nitrogens with two attached hydrogens (primary N) is 1. The molecule has 3 aromatic rings. The van der Waals surface area contributed by atoms with Crippen LogP contribution in [-0.4, -0.2) is 25.7 Å². The number of anilines is 1. The van der Waals surface area contributed by atoms with Crippen molar-refractivity contribution < 1.29 is 22.7 Å². The number of amides is 1. The average Bonchev–Trinajstić information content (AvgIpc) is 3.21. The maximum atomic E-state index is 13.3. The summed E-state index contributed by atoms with van der Waals surface area (Å²) in [7, 11) is 0. The lowest BCUT2D eigenvalue weighted by molar-refractivity contribution is -0.137. The van der Waals surface area contributed by atoms with E-state index in [0.717, 1.165) is 22.9 Å². The van der Waals surface area contributed by atoms with E-state index in [0.29, 0.717) is 30.0 Å². The van der Waals surface area contributed by atoms with E-state index in [1.54, 1.807) is 12.1 Å². The van der Waals surface area contributed by atoms with Gasteiger partial charge in [0.25, 0.3) is 5.91 Å². The Kier molecular flexibility index (Phi) is 5.49. The zero-order valence-electron chi connectivity index (χ0n) is 16.1. The predicted octanol–water partition coefficient (Wildman–Crippen LogP) is 4.80. The third-order valence-electron chi connectivity index (χ3n) is 5.54. The van der Waals surface area contributed by atoms with E-state index in [-0.39, 0.29) is 24.3 Å². The second-order valence-corrected chi connectivity index (χ2v) is 7.46. The minimum absolute atomic E-state index is 0.107. The maximum absolute atomic E-state index is 13.3. The summed E-state index contributed by atoms with van der Waals surface area (Å²) in [6, 6.07) is 16.3. The van der Waals surface area contributed by atoms with Gasteiger partial charge in [0.05, 0.1) is 18.8 Å². The van der Waals surface area contributed by atoms with Gasteiger partial charge in [0.1, 0.15) is 0 Å². The third-order valence-corrected chi connectivity index (χ3v) is 5.54. The van der Waals surface area contributed by atoms with E-state index in [1.807, 2.05) is 30.3 Å².